The minimum atomic E-state index is -0.101. The molecule has 0 spiro atoms. The summed E-state index contributed by atoms with van der Waals surface area (Å²) in [6, 6.07) is 3.61. The number of carbonyl (C=O) groups excluding carboxylic acids is 1. The van der Waals surface area contributed by atoms with Crippen LogP contribution in [0.4, 0.5) is 5.13 Å². The maximum absolute atomic E-state index is 12.9. The summed E-state index contributed by atoms with van der Waals surface area (Å²) < 4.78 is 16.2. The maximum atomic E-state index is 12.9. The molecule has 1 amide bonds. The fraction of sp³-hybridized carbons (Fsp3) is 0.316. The molecule has 148 valence electrons. The summed E-state index contributed by atoms with van der Waals surface area (Å²) in [5, 5.41) is 3.19. The third kappa shape index (κ3) is 3.85. The number of amidine groups is 1. The lowest BCUT2D eigenvalue weighted by Crippen LogP contribution is -2.28. The first-order chi connectivity index (χ1) is 13.5. The number of aromatic nitrogens is 1. The summed E-state index contributed by atoms with van der Waals surface area (Å²) >= 11 is 2.77. The Kier molecular flexibility index (Phi) is 6.25. The van der Waals surface area contributed by atoms with E-state index in [0.29, 0.717) is 39.0 Å². The lowest BCUT2D eigenvalue weighted by Gasteiger charge is -2.14. The number of aryl methyl sites for hydroxylation is 1. The quantitative estimate of drug-likeness (QED) is 0.657. The highest BCUT2D eigenvalue weighted by Gasteiger charge is 2.33. The van der Waals surface area contributed by atoms with Gasteiger partial charge in [-0.05, 0) is 43.8 Å². The van der Waals surface area contributed by atoms with Gasteiger partial charge in [0.05, 0.1) is 31.9 Å². The van der Waals surface area contributed by atoms with Crippen LogP contribution in [-0.4, -0.2) is 48.8 Å². The van der Waals surface area contributed by atoms with Crippen LogP contribution in [0, 0.1) is 6.92 Å². The lowest BCUT2D eigenvalue weighted by molar-refractivity contribution is -0.122. The number of amides is 1. The van der Waals surface area contributed by atoms with E-state index in [-0.39, 0.29) is 5.91 Å². The van der Waals surface area contributed by atoms with Crippen LogP contribution in [-0.2, 0) is 4.79 Å². The zero-order valence-corrected chi connectivity index (χ0v) is 17.9. The zero-order valence-electron chi connectivity index (χ0n) is 16.3. The van der Waals surface area contributed by atoms with Crippen molar-refractivity contribution in [3.05, 3.63) is 33.7 Å². The Morgan fingerprint density at radius 3 is 2.50 bits per heavy atom. The molecule has 1 aromatic carbocycles. The molecule has 1 aliphatic heterocycles. The molecule has 0 radical (unpaired) electrons. The molecule has 0 saturated carbocycles. The predicted molar refractivity (Wildman–Crippen MR) is 113 cm³/mol. The monoisotopic (exact) mass is 419 g/mol. The third-order valence-electron chi connectivity index (χ3n) is 4.02. The van der Waals surface area contributed by atoms with Crippen LogP contribution in [0.5, 0.6) is 17.2 Å². The van der Waals surface area contributed by atoms with E-state index >= 15 is 0 Å². The van der Waals surface area contributed by atoms with Gasteiger partial charge >= 0.3 is 0 Å². The molecule has 1 saturated heterocycles. The highest BCUT2D eigenvalue weighted by Crippen LogP contribution is 2.42. The number of carbonyl (C=O) groups is 1. The van der Waals surface area contributed by atoms with E-state index in [0.717, 1.165) is 11.3 Å². The molecule has 0 bridgehead atoms. The summed E-state index contributed by atoms with van der Waals surface area (Å²) in [5.41, 5.74) is 1.63. The molecular weight excluding hydrogens is 398 g/mol. The Balaban J connectivity index is 2.01. The minimum Gasteiger partial charge on any atom is -0.493 e. The van der Waals surface area contributed by atoms with Crippen LogP contribution < -0.4 is 14.2 Å². The van der Waals surface area contributed by atoms with Gasteiger partial charge in [-0.3, -0.25) is 9.69 Å². The van der Waals surface area contributed by atoms with E-state index in [2.05, 4.69) is 9.98 Å². The lowest BCUT2D eigenvalue weighted by atomic mass is 10.1. The Hall–Kier alpha value is -2.52. The molecule has 1 aliphatic rings. The number of hydrogen-bond acceptors (Lipinski definition) is 8. The third-order valence-corrected chi connectivity index (χ3v) is 5.88. The van der Waals surface area contributed by atoms with E-state index in [1.54, 1.807) is 38.4 Å². The highest BCUT2D eigenvalue weighted by molar-refractivity contribution is 8.18. The fourth-order valence-electron chi connectivity index (χ4n) is 2.72. The molecule has 1 aromatic heterocycles. The van der Waals surface area contributed by atoms with Crippen molar-refractivity contribution in [1.82, 2.24) is 9.88 Å². The van der Waals surface area contributed by atoms with Gasteiger partial charge in [0.25, 0.3) is 5.91 Å². The van der Waals surface area contributed by atoms with Crippen LogP contribution in [0.15, 0.2) is 27.4 Å². The van der Waals surface area contributed by atoms with Crippen molar-refractivity contribution in [3.63, 3.8) is 0 Å². The largest absolute Gasteiger partial charge is 0.493 e. The molecule has 0 unspecified atom stereocenters. The molecule has 2 aromatic rings. The second kappa shape index (κ2) is 8.66. The summed E-state index contributed by atoms with van der Waals surface area (Å²) in [6.45, 7) is 4.36. The van der Waals surface area contributed by atoms with Gasteiger partial charge in [0.1, 0.15) is 0 Å². The van der Waals surface area contributed by atoms with Crippen molar-refractivity contribution in [2.45, 2.75) is 13.8 Å². The summed E-state index contributed by atoms with van der Waals surface area (Å²) in [6.07, 6.45) is 1.78. The molecule has 3 rings (SSSR count). The Labute approximate surface area is 172 Å². The number of rotatable bonds is 6. The number of nitrogens with zero attached hydrogens (tertiary/aromatic N) is 3. The maximum Gasteiger partial charge on any atom is 0.266 e. The predicted octanol–water partition coefficient (Wildman–Crippen LogP) is 4.10. The van der Waals surface area contributed by atoms with Crippen molar-refractivity contribution in [2.75, 3.05) is 27.9 Å². The number of benzene rings is 1. The second-order valence-electron chi connectivity index (χ2n) is 5.75. The topological polar surface area (TPSA) is 73.2 Å². The van der Waals surface area contributed by atoms with Crippen LogP contribution in [0.1, 0.15) is 18.2 Å². The van der Waals surface area contributed by atoms with E-state index in [4.69, 9.17) is 14.2 Å². The number of ether oxygens (including phenoxy) is 3. The summed E-state index contributed by atoms with van der Waals surface area (Å²) in [5.74, 6) is 1.45. The molecule has 7 nitrogen and oxygen atoms in total. The number of aliphatic imine (C=N–C) groups is 1. The normalized spacial score (nSPS) is 16.9. The SMILES string of the molecule is CCN1C(=O)/C(=C/c2ccc(OC)c(OC)c2OC)S/C1=N/c1nc(C)cs1. The Bertz CT molecular complexity index is 953. The van der Waals surface area contributed by atoms with Crippen molar-refractivity contribution >= 4 is 45.4 Å². The number of likely N-dealkylation sites (N-methyl/N-ethyl adjacent to an activating group) is 1. The van der Waals surface area contributed by atoms with Crippen LogP contribution in [0.25, 0.3) is 6.08 Å². The van der Waals surface area contributed by atoms with Gasteiger partial charge in [-0.1, -0.05) is 0 Å². The smallest absolute Gasteiger partial charge is 0.266 e. The number of hydrogen-bond donors (Lipinski definition) is 0. The summed E-state index contributed by atoms with van der Waals surface area (Å²) in [7, 11) is 4.67. The molecule has 1 fully saturated rings. The Morgan fingerprint density at radius 1 is 1.18 bits per heavy atom. The Morgan fingerprint density at radius 2 is 1.93 bits per heavy atom. The first kappa shape index (κ1) is 20.2. The molecule has 2 heterocycles. The van der Waals surface area contributed by atoms with Gasteiger partial charge in [-0.25, -0.2) is 4.98 Å². The van der Waals surface area contributed by atoms with Gasteiger partial charge in [0, 0.05) is 17.5 Å². The molecular formula is C19H21N3O4S2. The molecule has 0 N–H and O–H groups in total. The van der Waals surface area contributed by atoms with Gasteiger partial charge in [0.15, 0.2) is 16.7 Å². The zero-order chi connectivity index (χ0) is 20.3. The van der Waals surface area contributed by atoms with Gasteiger partial charge < -0.3 is 14.2 Å². The molecule has 0 atom stereocenters. The van der Waals surface area contributed by atoms with Crippen LogP contribution in [0.2, 0.25) is 0 Å². The molecule has 28 heavy (non-hydrogen) atoms. The second-order valence-corrected chi connectivity index (χ2v) is 7.60. The number of thioether (sulfide) groups is 1. The first-order valence-electron chi connectivity index (χ1n) is 8.53. The number of thiazole rings is 1. The first-order valence-corrected chi connectivity index (χ1v) is 10.2. The highest BCUT2D eigenvalue weighted by atomic mass is 32.2. The minimum absolute atomic E-state index is 0.101. The standard InChI is InChI=1S/C19H21N3O4S2/c1-6-22-17(23)14(28-19(22)21-18-20-11(2)10-27-18)9-12-7-8-13(24-3)16(26-5)15(12)25-4/h7-10H,6H2,1-5H3/b14-9-,21-19+. The average molecular weight is 420 g/mol. The van der Waals surface area contributed by atoms with Crippen LogP contribution in [0.3, 0.4) is 0 Å². The van der Waals surface area contributed by atoms with E-state index in [1.165, 1.54) is 23.1 Å². The van der Waals surface area contributed by atoms with Gasteiger partial charge in [-0.15, -0.1) is 11.3 Å². The van der Waals surface area contributed by atoms with Crippen LogP contribution >= 0.6 is 23.1 Å². The van der Waals surface area contributed by atoms with Crippen molar-refractivity contribution < 1.29 is 19.0 Å². The average Bonchev–Trinajstić information content (AvgIpc) is 3.23. The molecule has 0 aliphatic carbocycles. The van der Waals surface area contributed by atoms with E-state index < -0.39 is 0 Å². The number of methoxy groups -OCH3 is 3. The van der Waals surface area contributed by atoms with Crippen molar-refractivity contribution in [3.8, 4) is 17.2 Å². The van der Waals surface area contributed by atoms with E-state index in [9.17, 15) is 4.79 Å². The van der Waals surface area contributed by atoms with Crippen molar-refractivity contribution in [1.29, 1.82) is 0 Å². The van der Waals surface area contributed by atoms with Gasteiger partial charge in [0.2, 0.25) is 10.9 Å². The van der Waals surface area contributed by atoms with E-state index in [1.807, 2.05) is 25.3 Å². The summed E-state index contributed by atoms with van der Waals surface area (Å²) in [4.78, 5) is 24.0. The molecule has 9 heteroatoms. The van der Waals surface area contributed by atoms with Crippen molar-refractivity contribution in [2.24, 2.45) is 4.99 Å². The fourth-order valence-corrected chi connectivity index (χ4v) is 4.48. The van der Waals surface area contributed by atoms with Gasteiger partial charge in [-0.2, -0.15) is 4.99 Å².